The van der Waals surface area contributed by atoms with Gasteiger partial charge < -0.3 is 0 Å². The zero-order valence-electron chi connectivity index (χ0n) is 11.6. The van der Waals surface area contributed by atoms with E-state index in [1.54, 1.807) is 0 Å². The molecule has 0 saturated carbocycles. The Bertz CT molecular complexity index is 163. The van der Waals surface area contributed by atoms with Gasteiger partial charge in [-0.3, -0.25) is 4.79 Å². The van der Waals surface area contributed by atoms with Crippen LogP contribution >= 0.6 is 0 Å². The van der Waals surface area contributed by atoms with E-state index in [0.29, 0.717) is 11.7 Å². The maximum atomic E-state index is 11.7. The zero-order chi connectivity index (χ0) is 12.2. The summed E-state index contributed by atoms with van der Waals surface area (Å²) in [5, 5.41) is 0. The largest absolute Gasteiger partial charge is 0.299 e. The Morgan fingerprint density at radius 2 is 1.44 bits per heavy atom. The summed E-state index contributed by atoms with van der Waals surface area (Å²) in [7, 11) is 0. The molecule has 0 rings (SSSR count). The highest BCUT2D eigenvalue weighted by atomic mass is 16.1. The lowest BCUT2D eigenvalue weighted by molar-refractivity contribution is -0.122. The van der Waals surface area contributed by atoms with Crippen molar-refractivity contribution in [3.63, 3.8) is 0 Å². The summed E-state index contributed by atoms with van der Waals surface area (Å²) in [4.78, 5) is 11.7. The van der Waals surface area contributed by atoms with Crippen molar-refractivity contribution in [2.75, 3.05) is 0 Å². The summed E-state index contributed by atoms with van der Waals surface area (Å²) < 4.78 is 0. The van der Waals surface area contributed by atoms with E-state index >= 15 is 0 Å². The van der Waals surface area contributed by atoms with Crippen LogP contribution in [0.3, 0.4) is 0 Å². The Hall–Kier alpha value is -0.330. The standard InChI is InChI=1S/C15H30O/c1-4-6-7-8-9-10-11-13-15(16)14(3)12-5-2/h14H,4-13H2,1-3H3. The molecule has 0 aliphatic heterocycles. The van der Waals surface area contributed by atoms with Crippen molar-refractivity contribution in [2.24, 2.45) is 5.92 Å². The summed E-state index contributed by atoms with van der Waals surface area (Å²) in [6.07, 6.45) is 12.1. The van der Waals surface area contributed by atoms with Crippen LogP contribution in [0.2, 0.25) is 0 Å². The van der Waals surface area contributed by atoms with Crippen LogP contribution in [0.4, 0.5) is 0 Å². The average molecular weight is 226 g/mol. The fourth-order valence-corrected chi connectivity index (χ4v) is 2.10. The van der Waals surface area contributed by atoms with Crippen molar-refractivity contribution < 1.29 is 4.79 Å². The zero-order valence-corrected chi connectivity index (χ0v) is 11.6. The van der Waals surface area contributed by atoms with E-state index in [1.165, 1.54) is 38.5 Å². The quantitative estimate of drug-likeness (QED) is 0.446. The summed E-state index contributed by atoms with van der Waals surface area (Å²) in [5.74, 6) is 0.778. The molecule has 1 nitrogen and oxygen atoms in total. The molecule has 0 amide bonds. The fraction of sp³-hybridized carbons (Fsp3) is 0.933. The molecule has 96 valence electrons. The van der Waals surface area contributed by atoms with Gasteiger partial charge in [-0.25, -0.2) is 0 Å². The summed E-state index contributed by atoms with van der Waals surface area (Å²) in [6, 6.07) is 0. The fourth-order valence-electron chi connectivity index (χ4n) is 2.10. The molecule has 1 heteroatoms. The molecule has 0 N–H and O–H groups in total. The molecule has 1 atom stereocenters. The molecule has 0 aromatic rings. The van der Waals surface area contributed by atoms with Gasteiger partial charge in [-0.2, -0.15) is 0 Å². The van der Waals surface area contributed by atoms with E-state index in [4.69, 9.17) is 0 Å². The number of unbranched alkanes of at least 4 members (excludes halogenated alkanes) is 6. The number of carbonyl (C=O) groups is 1. The van der Waals surface area contributed by atoms with E-state index < -0.39 is 0 Å². The molecule has 16 heavy (non-hydrogen) atoms. The molecule has 0 aromatic carbocycles. The molecule has 1 unspecified atom stereocenters. The van der Waals surface area contributed by atoms with E-state index in [-0.39, 0.29) is 0 Å². The molecule has 0 saturated heterocycles. The van der Waals surface area contributed by atoms with E-state index in [9.17, 15) is 4.79 Å². The molecular formula is C15H30O. The minimum Gasteiger partial charge on any atom is -0.299 e. The first-order valence-corrected chi connectivity index (χ1v) is 7.25. The first-order valence-electron chi connectivity index (χ1n) is 7.25. The highest BCUT2D eigenvalue weighted by molar-refractivity contribution is 5.80. The molecule has 0 fully saturated rings. The number of ketones is 1. The molecule has 0 aliphatic rings. The Balaban J connectivity index is 3.27. The maximum absolute atomic E-state index is 11.7. The molecule has 0 bridgehead atoms. The number of rotatable bonds is 11. The van der Waals surface area contributed by atoms with Crippen molar-refractivity contribution in [1.82, 2.24) is 0 Å². The van der Waals surface area contributed by atoms with Crippen molar-refractivity contribution in [1.29, 1.82) is 0 Å². The molecular weight excluding hydrogens is 196 g/mol. The third kappa shape index (κ3) is 8.94. The third-order valence-corrected chi connectivity index (χ3v) is 3.30. The first-order chi connectivity index (χ1) is 7.72. The Morgan fingerprint density at radius 3 is 2.00 bits per heavy atom. The van der Waals surface area contributed by atoms with Gasteiger partial charge in [-0.15, -0.1) is 0 Å². The number of Topliss-reactive ketones (excluding diaryl/α,β-unsaturated/α-hetero) is 1. The average Bonchev–Trinajstić information content (AvgIpc) is 2.28. The van der Waals surface area contributed by atoms with Gasteiger partial charge in [0.25, 0.3) is 0 Å². The van der Waals surface area contributed by atoms with Gasteiger partial charge in [0.2, 0.25) is 0 Å². The van der Waals surface area contributed by atoms with Crippen LogP contribution in [0.25, 0.3) is 0 Å². The van der Waals surface area contributed by atoms with Gasteiger partial charge in [0, 0.05) is 12.3 Å². The van der Waals surface area contributed by atoms with Crippen LogP contribution in [0.1, 0.15) is 85.0 Å². The predicted molar refractivity (Wildman–Crippen MR) is 71.7 cm³/mol. The van der Waals surface area contributed by atoms with Crippen molar-refractivity contribution in [3.05, 3.63) is 0 Å². The highest BCUT2D eigenvalue weighted by Crippen LogP contribution is 2.13. The van der Waals surface area contributed by atoms with Crippen molar-refractivity contribution in [2.45, 2.75) is 85.0 Å². The Labute approximate surface area is 102 Å². The molecule has 0 aromatic heterocycles. The van der Waals surface area contributed by atoms with Crippen LogP contribution in [0, 0.1) is 5.92 Å². The van der Waals surface area contributed by atoms with Crippen LogP contribution < -0.4 is 0 Å². The summed E-state index contributed by atoms with van der Waals surface area (Å²) in [6.45, 7) is 6.47. The van der Waals surface area contributed by atoms with Gasteiger partial charge in [0.1, 0.15) is 5.78 Å². The van der Waals surface area contributed by atoms with Gasteiger partial charge in [0.05, 0.1) is 0 Å². The normalized spacial score (nSPS) is 12.7. The summed E-state index contributed by atoms with van der Waals surface area (Å²) >= 11 is 0. The second kappa shape index (κ2) is 11.2. The smallest absolute Gasteiger partial charge is 0.135 e. The Kier molecular flexibility index (Phi) is 10.9. The van der Waals surface area contributed by atoms with Crippen LogP contribution in [-0.4, -0.2) is 5.78 Å². The topological polar surface area (TPSA) is 17.1 Å². The van der Waals surface area contributed by atoms with E-state index in [0.717, 1.165) is 25.7 Å². The second-order valence-electron chi connectivity index (χ2n) is 5.03. The monoisotopic (exact) mass is 226 g/mol. The lowest BCUT2D eigenvalue weighted by atomic mass is 9.96. The Morgan fingerprint density at radius 1 is 0.875 bits per heavy atom. The van der Waals surface area contributed by atoms with Crippen LogP contribution in [0.5, 0.6) is 0 Å². The lowest BCUT2D eigenvalue weighted by Crippen LogP contribution is -2.10. The van der Waals surface area contributed by atoms with Crippen molar-refractivity contribution in [3.8, 4) is 0 Å². The van der Waals surface area contributed by atoms with Crippen molar-refractivity contribution >= 4 is 5.78 Å². The number of hydrogen-bond acceptors (Lipinski definition) is 1. The number of carbonyl (C=O) groups excluding carboxylic acids is 1. The lowest BCUT2D eigenvalue weighted by Gasteiger charge is -2.08. The van der Waals surface area contributed by atoms with Crippen LogP contribution in [0.15, 0.2) is 0 Å². The molecule has 0 radical (unpaired) electrons. The van der Waals surface area contributed by atoms with Gasteiger partial charge in [0.15, 0.2) is 0 Å². The maximum Gasteiger partial charge on any atom is 0.135 e. The summed E-state index contributed by atoms with van der Waals surface area (Å²) in [5.41, 5.74) is 0. The van der Waals surface area contributed by atoms with Crippen LogP contribution in [-0.2, 0) is 4.79 Å². The molecule has 0 aliphatic carbocycles. The highest BCUT2D eigenvalue weighted by Gasteiger charge is 2.10. The molecule has 0 heterocycles. The molecule has 0 spiro atoms. The number of hydrogen-bond donors (Lipinski definition) is 0. The minimum atomic E-state index is 0.296. The third-order valence-electron chi connectivity index (χ3n) is 3.30. The SMILES string of the molecule is CCCCCCCCCC(=O)C(C)CCC. The minimum absolute atomic E-state index is 0.296. The first kappa shape index (κ1) is 15.7. The van der Waals surface area contributed by atoms with Gasteiger partial charge >= 0.3 is 0 Å². The second-order valence-corrected chi connectivity index (χ2v) is 5.03. The van der Waals surface area contributed by atoms with E-state index in [2.05, 4.69) is 20.8 Å². The van der Waals surface area contributed by atoms with E-state index in [1.807, 2.05) is 0 Å². The van der Waals surface area contributed by atoms with Gasteiger partial charge in [-0.05, 0) is 12.8 Å². The predicted octanol–water partition coefficient (Wildman–Crippen LogP) is 5.13. The van der Waals surface area contributed by atoms with Gasteiger partial charge in [-0.1, -0.05) is 65.7 Å².